The lowest BCUT2D eigenvalue weighted by molar-refractivity contribution is 0.109. The number of hydrogen-bond acceptors (Lipinski definition) is 6. The number of allylic oxidation sites excluding steroid dienone is 2. The number of rotatable bonds is 4. The Morgan fingerprint density at radius 3 is 2.61 bits per heavy atom. The second-order valence-corrected chi connectivity index (χ2v) is 8.45. The molecule has 0 spiro atoms. The van der Waals surface area contributed by atoms with Gasteiger partial charge < -0.3 is 15.6 Å². The smallest absolute Gasteiger partial charge is 0.164 e. The number of aliphatic hydroxyl groups excluding tert-OH is 1. The Bertz CT molecular complexity index is 1130. The molecule has 3 N–H and O–H groups in total. The van der Waals surface area contributed by atoms with E-state index in [0.29, 0.717) is 5.82 Å². The van der Waals surface area contributed by atoms with Gasteiger partial charge in [0.1, 0.15) is 29.7 Å². The van der Waals surface area contributed by atoms with Gasteiger partial charge in [-0.15, -0.1) is 0 Å². The summed E-state index contributed by atoms with van der Waals surface area (Å²) in [5, 5.41) is 15.6. The van der Waals surface area contributed by atoms with Crippen molar-refractivity contribution in [3.63, 3.8) is 0 Å². The number of aliphatic hydroxyl groups is 1. The van der Waals surface area contributed by atoms with Crippen LogP contribution in [0, 0.1) is 5.92 Å². The van der Waals surface area contributed by atoms with Crippen LogP contribution in [0.5, 0.6) is 5.75 Å². The average Bonchev–Trinajstić information content (AvgIpc) is 3.17. The third-order valence-electron chi connectivity index (χ3n) is 6.25. The summed E-state index contributed by atoms with van der Waals surface area (Å²) in [6.07, 6.45) is 10.8. The Kier molecular flexibility index (Phi) is 5.19. The van der Waals surface area contributed by atoms with Crippen LogP contribution in [0.2, 0.25) is 0 Å². The molecule has 7 heteroatoms. The first-order valence-corrected chi connectivity index (χ1v) is 10.9. The number of aromatic nitrogens is 4. The van der Waals surface area contributed by atoms with Gasteiger partial charge in [-0.25, -0.2) is 14.6 Å². The second-order valence-electron chi connectivity index (χ2n) is 8.45. The van der Waals surface area contributed by atoms with Gasteiger partial charge in [0.2, 0.25) is 0 Å². The van der Waals surface area contributed by atoms with E-state index in [1.54, 1.807) is 0 Å². The van der Waals surface area contributed by atoms with Crippen LogP contribution >= 0.6 is 0 Å². The number of fused-ring (bicyclic) bond motifs is 1. The number of benzene rings is 1. The summed E-state index contributed by atoms with van der Waals surface area (Å²) in [5.74, 6) is 1.45. The highest BCUT2D eigenvalue weighted by atomic mass is 16.5. The molecule has 2 aliphatic carbocycles. The fourth-order valence-electron chi connectivity index (χ4n) is 4.52. The Hall–Kier alpha value is -3.19. The lowest BCUT2D eigenvalue weighted by Crippen LogP contribution is -2.24. The summed E-state index contributed by atoms with van der Waals surface area (Å²) >= 11 is 0. The second kappa shape index (κ2) is 8.15. The average molecular weight is 418 g/mol. The molecule has 2 unspecified atom stereocenters. The molecule has 5 rings (SSSR count). The van der Waals surface area contributed by atoms with Crippen molar-refractivity contribution < 1.29 is 9.84 Å². The van der Waals surface area contributed by atoms with Crippen molar-refractivity contribution in [3.8, 4) is 5.75 Å². The first-order valence-electron chi connectivity index (χ1n) is 10.9. The van der Waals surface area contributed by atoms with E-state index in [2.05, 4.69) is 35.1 Å². The van der Waals surface area contributed by atoms with Crippen LogP contribution < -0.4 is 10.5 Å². The van der Waals surface area contributed by atoms with E-state index in [4.69, 9.17) is 15.6 Å². The number of para-hydroxylation sites is 1. The zero-order valence-electron chi connectivity index (χ0n) is 17.6. The number of anilines is 1. The van der Waals surface area contributed by atoms with Gasteiger partial charge in [-0.2, -0.15) is 5.10 Å². The summed E-state index contributed by atoms with van der Waals surface area (Å²) in [7, 11) is 0. The van der Waals surface area contributed by atoms with E-state index in [9.17, 15) is 5.11 Å². The van der Waals surface area contributed by atoms with Gasteiger partial charge in [0.25, 0.3) is 0 Å². The van der Waals surface area contributed by atoms with E-state index in [0.717, 1.165) is 53.7 Å². The zero-order valence-corrected chi connectivity index (χ0v) is 17.6. The van der Waals surface area contributed by atoms with Crippen LogP contribution in [0.3, 0.4) is 0 Å². The monoisotopic (exact) mass is 417 g/mol. The zero-order chi connectivity index (χ0) is 21.4. The third-order valence-corrected chi connectivity index (χ3v) is 6.25. The van der Waals surface area contributed by atoms with Gasteiger partial charge in [-0.05, 0) is 49.5 Å². The van der Waals surface area contributed by atoms with E-state index in [1.807, 2.05) is 35.0 Å². The molecule has 3 aromatic rings. The van der Waals surface area contributed by atoms with Gasteiger partial charge in [-0.1, -0.05) is 37.3 Å². The van der Waals surface area contributed by atoms with Crippen molar-refractivity contribution in [2.45, 2.75) is 50.9 Å². The van der Waals surface area contributed by atoms with Crippen molar-refractivity contribution in [2.75, 3.05) is 5.73 Å². The Morgan fingerprint density at radius 2 is 1.87 bits per heavy atom. The first-order chi connectivity index (χ1) is 15.1. The number of nitrogen functional groups attached to an aromatic ring is 1. The van der Waals surface area contributed by atoms with Gasteiger partial charge >= 0.3 is 0 Å². The lowest BCUT2D eigenvalue weighted by atomic mass is 9.93. The quantitative estimate of drug-likeness (QED) is 0.667. The van der Waals surface area contributed by atoms with E-state index in [1.165, 1.54) is 6.33 Å². The van der Waals surface area contributed by atoms with Crippen LogP contribution in [0.4, 0.5) is 5.82 Å². The minimum Gasteiger partial charge on any atom is -0.486 e. The molecule has 0 aliphatic heterocycles. The summed E-state index contributed by atoms with van der Waals surface area (Å²) in [5.41, 5.74) is 8.84. The SMILES string of the molecule is CC1C=C(c2nn([C@H]3CC[C@@H](O)CC3)c3ncnc(N)c23)C=CC1Oc1ccccc1. The summed E-state index contributed by atoms with van der Waals surface area (Å²) < 4.78 is 8.13. The maximum absolute atomic E-state index is 9.89. The largest absolute Gasteiger partial charge is 0.486 e. The summed E-state index contributed by atoms with van der Waals surface area (Å²) in [6.45, 7) is 2.14. The number of ether oxygens (including phenoxy) is 1. The minimum atomic E-state index is -0.219. The maximum atomic E-state index is 9.89. The summed E-state index contributed by atoms with van der Waals surface area (Å²) in [4.78, 5) is 8.73. The van der Waals surface area contributed by atoms with Gasteiger partial charge in [0, 0.05) is 5.92 Å². The Labute approximate surface area is 181 Å². The van der Waals surface area contributed by atoms with E-state index in [-0.39, 0.29) is 24.2 Å². The van der Waals surface area contributed by atoms with Gasteiger partial charge in [0.15, 0.2) is 5.65 Å². The molecular formula is C24H27N5O2. The molecular weight excluding hydrogens is 390 g/mol. The van der Waals surface area contributed by atoms with Crippen LogP contribution in [0.15, 0.2) is 54.9 Å². The topological polar surface area (TPSA) is 99.1 Å². The molecule has 0 bridgehead atoms. The normalized spacial score (nSPS) is 26.1. The Balaban J connectivity index is 1.48. The van der Waals surface area contributed by atoms with Gasteiger partial charge in [-0.3, -0.25) is 0 Å². The fraction of sp³-hybridized carbons (Fsp3) is 0.375. The van der Waals surface area contributed by atoms with E-state index >= 15 is 0 Å². The van der Waals surface area contributed by atoms with Crippen molar-refractivity contribution >= 4 is 22.4 Å². The van der Waals surface area contributed by atoms with Crippen molar-refractivity contribution in [1.29, 1.82) is 0 Å². The molecule has 1 saturated carbocycles. The molecule has 2 atom stereocenters. The van der Waals surface area contributed by atoms with Crippen molar-refractivity contribution in [3.05, 3.63) is 60.6 Å². The highest BCUT2D eigenvalue weighted by Gasteiger charge is 2.28. The van der Waals surface area contributed by atoms with Crippen molar-refractivity contribution in [1.82, 2.24) is 19.7 Å². The molecule has 0 amide bonds. The minimum absolute atomic E-state index is 0.0482. The number of nitrogens with two attached hydrogens (primary N) is 1. The van der Waals surface area contributed by atoms with E-state index < -0.39 is 0 Å². The number of nitrogens with zero attached hydrogens (tertiary/aromatic N) is 4. The molecule has 2 aliphatic rings. The molecule has 1 fully saturated rings. The van der Waals surface area contributed by atoms with Crippen LogP contribution in [0.25, 0.3) is 16.6 Å². The molecule has 1 aromatic carbocycles. The predicted octanol–water partition coefficient (Wildman–Crippen LogP) is 3.92. The lowest BCUT2D eigenvalue weighted by Gasteiger charge is -2.26. The maximum Gasteiger partial charge on any atom is 0.164 e. The number of hydrogen-bond donors (Lipinski definition) is 2. The molecule has 0 saturated heterocycles. The van der Waals surface area contributed by atoms with Crippen LogP contribution in [-0.4, -0.2) is 37.1 Å². The highest BCUT2D eigenvalue weighted by Crippen LogP contribution is 2.36. The Morgan fingerprint density at radius 1 is 1.10 bits per heavy atom. The van der Waals surface area contributed by atoms with Crippen LogP contribution in [-0.2, 0) is 0 Å². The molecule has 31 heavy (non-hydrogen) atoms. The molecule has 2 aromatic heterocycles. The standard InChI is InChI=1S/C24H27N5O2/c1-15-13-16(7-12-20(15)31-19-5-3-2-4-6-19)22-21-23(25)26-14-27-24(21)29(28-22)17-8-10-18(30)11-9-17/h2-7,12-15,17-18,20,30H,8-11H2,1H3,(H2,25,26,27)/t15?,17-,18+,20?. The highest BCUT2D eigenvalue weighted by molar-refractivity contribution is 5.97. The van der Waals surface area contributed by atoms with Crippen molar-refractivity contribution in [2.24, 2.45) is 5.92 Å². The molecule has 160 valence electrons. The predicted molar refractivity (Wildman–Crippen MR) is 120 cm³/mol. The molecule has 0 radical (unpaired) electrons. The third kappa shape index (κ3) is 3.81. The van der Waals surface area contributed by atoms with Crippen LogP contribution in [0.1, 0.15) is 44.3 Å². The first kappa shape index (κ1) is 19.8. The molecule has 2 heterocycles. The molecule has 7 nitrogen and oxygen atoms in total. The fourth-order valence-corrected chi connectivity index (χ4v) is 4.52. The van der Waals surface area contributed by atoms with Gasteiger partial charge in [0.05, 0.1) is 17.5 Å². The summed E-state index contributed by atoms with van der Waals surface area (Å²) in [6, 6.07) is 10.1.